The smallest absolute Gasteiger partial charge is 0.335 e. The van der Waals surface area contributed by atoms with E-state index in [1.807, 2.05) is 0 Å². The van der Waals surface area contributed by atoms with E-state index in [4.69, 9.17) is 5.11 Å². The lowest BCUT2D eigenvalue weighted by Crippen LogP contribution is -2.25. The first kappa shape index (κ1) is 8.13. The molecule has 1 unspecified atom stereocenters. The summed E-state index contributed by atoms with van der Waals surface area (Å²) in [4.78, 5) is 14.1. The van der Waals surface area contributed by atoms with Crippen LogP contribution >= 0.6 is 0 Å². The predicted molar refractivity (Wildman–Crippen MR) is 31.5 cm³/mol. The molecule has 0 aromatic carbocycles. The van der Waals surface area contributed by atoms with Gasteiger partial charge in [0, 0.05) is 6.42 Å². The molecule has 0 bridgehead atoms. The first-order valence-corrected chi connectivity index (χ1v) is 2.41. The zero-order valence-electron chi connectivity index (χ0n) is 4.91. The standard InChI is InChI=1S/C5H9NO3/c1-2-3-4(9-6)5(7)8/h2,4H,1,3,6H2,(H,7,8). The van der Waals surface area contributed by atoms with Crippen molar-refractivity contribution in [2.75, 3.05) is 0 Å². The predicted octanol–water partition coefficient (Wildman–Crippen LogP) is -0.0940. The van der Waals surface area contributed by atoms with Crippen molar-refractivity contribution < 1.29 is 14.7 Å². The topological polar surface area (TPSA) is 72.5 Å². The van der Waals surface area contributed by atoms with E-state index in [0.29, 0.717) is 0 Å². The molecule has 0 aliphatic heterocycles. The Hall–Kier alpha value is -0.870. The molecular weight excluding hydrogens is 122 g/mol. The van der Waals surface area contributed by atoms with Crippen LogP contribution < -0.4 is 5.90 Å². The summed E-state index contributed by atoms with van der Waals surface area (Å²) >= 11 is 0. The second kappa shape index (κ2) is 4.05. The monoisotopic (exact) mass is 131 g/mol. The molecule has 4 nitrogen and oxygen atoms in total. The van der Waals surface area contributed by atoms with Gasteiger partial charge in [0.05, 0.1) is 0 Å². The summed E-state index contributed by atoms with van der Waals surface area (Å²) in [5, 5.41) is 8.25. The maximum Gasteiger partial charge on any atom is 0.335 e. The molecule has 0 amide bonds. The molecule has 9 heavy (non-hydrogen) atoms. The third kappa shape index (κ3) is 2.84. The Morgan fingerprint density at radius 3 is 2.67 bits per heavy atom. The Morgan fingerprint density at radius 2 is 2.56 bits per heavy atom. The quantitative estimate of drug-likeness (QED) is 0.413. The Balaban J connectivity index is 3.67. The fourth-order valence-corrected chi connectivity index (χ4v) is 0.366. The fraction of sp³-hybridized carbons (Fsp3) is 0.400. The minimum Gasteiger partial charge on any atom is -0.479 e. The van der Waals surface area contributed by atoms with Crippen molar-refractivity contribution in [2.24, 2.45) is 5.90 Å². The summed E-state index contributed by atoms with van der Waals surface area (Å²) in [6.07, 6.45) is 0.708. The summed E-state index contributed by atoms with van der Waals surface area (Å²) in [5.41, 5.74) is 0. The van der Waals surface area contributed by atoms with Crippen LogP contribution in [0.2, 0.25) is 0 Å². The number of hydrogen-bond acceptors (Lipinski definition) is 3. The Bertz CT molecular complexity index is 113. The largest absolute Gasteiger partial charge is 0.479 e. The van der Waals surface area contributed by atoms with Crippen molar-refractivity contribution in [3.05, 3.63) is 12.7 Å². The van der Waals surface area contributed by atoms with Crippen LogP contribution in [-0.2, 0) is 9.63 Å². The molecule has 0 aromatic heterocycles. The van der Waals surface area contributed by atoms with E-state index < -0.39 is 12.1 Å². The molecule has 0 fully saturated rings. The molecule has 0 rings (SSSR count). The molecule has 0 saturated heterocycles. The summed E-state index contributed by atoms with van der Waals surface area (Å²) in [5.74, 6) is 3.56. The van der Waals surface area contributed by atoms with Gasteiger partial charge in [-0.15, -0.1) is 6.58 Å². The normalized spacial score (nSPS) is 12.6. The van der Waals surface area contributed by atoms with Crippen LogP contribution in [0.3, 0.4) is 0 Å². The van der Waals surface area contributed by atoms with Crippen molar-refractivity contribution in [1.82, 2.24) is 0 Å². The van der Waals surface area contributed by atoms with Gasteiger partial charge in [0.1, 0.15) is 0 Å². The van der Waals surface area contributed by atoms with E-state index >= 15 is 0 Å². The number of carboxylic acids is 1. The lowest BCUT2D eigenvalue weighted by molar-refractivity contribution is -0.150. The van der Waals surface area contributed by atoms with Crippen LogP contribution in [0.5, 0.6) is 0 Å². The fourth-order valence-electron chi connectivity index (χ4n) is 0.366. The lowest BCUT2D eigenvalue weighted by Gasteiger charge is -2.04. The first-order chi connectivity index (χ1) is 4.22. The van der Waals surface area contributed by atoms with Crippen molar-refractivity contribution in [3.8, 4) is 0 Å². The molecular formula is C5H9NO3. The van der Waals surface area contributed by atoms with E-state index in [9.17, 15) is 4.79 Å². The Morgan fingerprint density at radius 1 is 2.00 bits per heavy atom. The van der Waals surface area contributed by atoms with Crippen molar-refractivity contribution >= 4 is 5.97 Å². The summed E-state index contributed by atoms with van der Waals surface area (Å²) in [7, 11) is 0. The first-order valence-electron chi connectivity index (χ1n) is 2.41. The van der Waals surface area contributed by atoms with Gasteiger partial charge in [0.25, 0.3) is 0 Å². The van der Waals surface area contributed by atoms with E-state index in [1.165, 1.54) is 6.08 Å². The number of hydrogen-bond donors (Lipinski definition) is 2. The summed E-state index contributed by atoms with van der Waals surface area (Å²) < 4.78 is 0. The van der Waals surface area contributed by atoms with Crippen LogP contribution in [0.4, 0.5) is 0 Å². The molecule has 0 heterocycles. The number of nitrogens with two attached hydrogens (primary N) is 1. The van der Waals surface area contributed by atoms with Gasteiger partial charge in [0.15, 0.2) is 6.10 Å². The molecule has 4 heteroatoms. The minimum absolute atomic E-state index is 0.228. The molecule has 3 N–H and O–H groups in total. The summed E-state index contributed by atoms with van der Waals surface area (Å²) in [6.45, 7) is 3.33. The highest BCUT2D eigenvalue weighted by Gasteiger charge is 2.13. The average Bonchev–Trinajstić information content (AvgIpc) is 1.82. The van der Waals surface area contributed by atoms with Gasteiger partial charge in [-0.1, -0.05) is 6.08 Å². The van der Waals surface area contributed by atoms with Gasteiger partial charge in [-0.3, -0.25) is 4.84 Å². The van der Waals surface area contributed by atoms with Gasteiger partial charge in [-0.25, -0.2) is 10.7 Å². The van der Waals surface area contributed by atoms with Crippen LogP contribution in [0.15, 0.2) is 12.7 Å². The summed E-state index contributed by atoms with van der Waals surface area (Å²) in [6, 6.07) is 0. The van der Waals surface area contributed by atoms with Gasteiger partial charge < -0.3 is 5.11 Å². The van der Waals surface area contributed by atoms with E-state index in [2.05, 4.69) is 17.3 Å². The second-order valence-corrected chi connectivity index (χ2v) is 1.49. The van der Waals surface area contributed by atoms with Crippen LogP contribution in [0.25, 0.3) is 0 Å². The van der Waals surface area contributed by atoms with Crippen molar-refractivity contribution in [1.29, 1.82) is 0 Å². The third-order valence-corrected chi connectivity index (χ3v) is 0.820. The molecule has 0 spiro atoms. The maximum absolute atomic E-state index is 10.1. The SMILES string of the molecule is C=CCC(ON)C(=O)O. The zero-order valence-corrected chi connectivity index (χ0v) is 4.91. The van der Waals surface area contributed by atoms with E-state index in [1.54, 1.807) is 0 Å². The average molecular weight is 131 g/mol. The van der Waals surface area contributed by atoms with Gasteiger partial charge >= 0.3 is 5.97 Å². The molecule has 1 atom stereocenters. The molecule has 0 aliphatic rings. The van der Waals surface area contributed by atoms with Crippen molar-refractivity contribution in [2.45, 2.75) is 12.5 Å². The molecule has 0 saturated carbocycles. The molecule has 0 aromatic rings. The zero-order chi connectivity index (χ0) is 7.28. The van der Waals surface area contributed by atoms with Gasteiger partial charge in [0.2, 0.25) is 0 Å². The van der Waals surface area contributed by atoms with E-state index in [0.717, 1.165) is 0 Å². The second-order valence-electron chi connectivity index (χ2n) is 1.49. The number of carboxylic acid groups (broad SMARTS) is 1. The molecule has 52 valence electrons. The highest BCUT2D eigenvalue weighted by Crippen LogP contribution is 1.94. The number of rotatable bonds is 4. The Kier molecular flexibility index (Phi) is 3.66. The number of aliphatic carboxylic acids is 1. The number of carbonyl (C=O) groups is 1. The molecule has 0 aliphatic carbocycles. The minimum atomic E-state index is -1.07. The maximum atomic E-state index is 10.1. The van der Waals surface area contributed by atoms with E-state index in [-0.39, 0.29) is 6.42 Å². The van der Waals surface area contributed by atoms with Crippen molar-refractivity contribution in [3.63, 3.8) is 0 Å². The lowest BCUT2D eigenvalue weighted by atomic mass is 10.2. The van der Waals surface area contributed by atoms with Crippen LogP contribution in [0, 0.1) is 0 Å². The highest BCUT2D eigenvalue weighted by molar-refractivity contribution is 5.72. The Labute approximate surface area is 52.9 Å². The third-order valence-electron chi connectivity index (χ3n) is 0.820. The van der Waals surface area contributed by atoms with Gasteiger partial charge in [-0.2, -0.15) is 0 Å². The van der Waals surface area contributed by atoms with Crippen LogP contribution in [0.1, 0.15) is 6.42 Å². The molecule has 0 radical (unpaired) electrons. The van der Waals surface area contributed by atoms with Gasteiger partial charge in [-0.05, 0) is 0 Å². The highest BCUT2D eigenvalue weighted by atomic mass is 16.6. The van der Waals surface area contributed by atoms with Crippen LogP contribution in [-0.4, -0.2) is 17.2 Å².